The fraction of sp³-hybridized carbons (Fsp3) is 0.208. The lowest BCUT2D eigenvalue weighted by atomic mass is 10.1. The number of hydrogen-bond donors (Lipinski definition) is 1. The number of amides is 1. The minimum absolute atomic E-state index is 0.195. The average Bonchev–Trinajstić information content (AvgIpc) is 3.34. The molecule has 0 aliphatic heterocycles. The number of anilines is 1. The summed E-state index contributed by atoms with van der Waals surface area (Å²) in [6.07, 6.45) is 3.65. The molecule has 7 nitrogen and oxygen atoms in total. The molecule has 8 heteroatoms. The third kappa shape index (κ3) is 5.08. The second-order valence-electron chi connectivity index (χ2n) is 7.63. The van der Waals surface area contributed by atoms with E-state index in [0.717, 1.165) is 21.3 Å². The number of hydrogen-bond acceptors (Lipinski definition) is 5. The number of carbonyl (C=O) groups excluding carboxylic acids is 1. The van der Waals surface area contributed by atoms with E-state index >= 15 is 0 Å². The molecule has 32 heavy (non-hydrogen) atoms. The lowest BCUT2D eigenvalue weighted by Gasteiger charge is -2.10. The van der Waals surface area contributed by atoms with Crippen LogP contribution in [-0.4, -0.2) is 20.8 Å². The van der Waals surface area contributed by atoms with Gasteiger partial charge in [0.25, 0.3) is 5.91 Å². The molecule has 0 aliphatic carbocycles. The van der Waals surface area contributed by atoms with E-state index in [0.29, 0.717) is 23.6 Å². The van der Waals surface area contributed by atoms with Crippen molar-refractivity contribution in [2.24, 2.45) is 0 Å². The third-order valence-corrected chi connectivity index (χ3v) is 5.47. The Balaban J connectivity index is 1.42. The molecular weight excluding hydrogens is 472 g/mol. The summed E-state index contributed by atoms with van der Waals surface area (Å²) >= 11 is 3.39. The molecule has 1 N–H and O–H groups in total. The van der Waals surface area contributed by atoms with Crippen molar-refractivity contribution in [1.29, 1.82) is 0 Å². The molecule has 0 aliphatic rings. The first-order chi connectivity index (χ1) is 15.4. The number of nitrogens with zero attached hydrogens (tertiary/aromatic N) is 3. The molecule has 0 saturated heterocycles. The Kier molecular flexibility index (Phi) is 6.41. The van der Waals surface area contributed by atoms with E-state index in [1.54, 1.807) is 13.1 Å². The molecule has 2 aromatic heterocycles. The molecule has 0 radical (unpaired) electrons. The average molecular weight is 495 g/mol. The summed E-state index contributed by atoms with van der Waals surface area (Å²) in [4.78, 5) is 12.8. The van der Waals surface area contributed by atoms with E-state index in [9.17, 15) is 4.79 Å². The summed E-state index contributed by atoms with van der Waals surface area (Å²) in [7, 11) is 0. The Morgan fingerprint density at radius 3 is 2.62 bits per heavy atom. The van der Waals surface area contributed by atoms with Crippen molar-refractivity contribution in [2.75, 3.05) is 5.32 Å². The van der Waals surface area contributed by atoms with Crippen LogP contribution in [0.1, 0.15) is 38.5 Å². The summed E-state index contributed by atoms with van der Waals surface area (Å²) in [6.45, 7) is 6.63. The monoisotopic (exact) mass is 494 g/mol. The van der Waals surface area contributed by atoms with Crippen LogP contribution in [-0.2, 0) is 13.2 Å². The van der Waals surface area contributed by atoms with Crippen molar-refractivity contribution < 1.29 is 14.1 Å². The van der Waals surface area contributed by atoms with Crippen LogP contribution in [0.2, 0.25) is 0 Å². The first-order valence-electron chi connectivity index (χ1n) is 10.1. The first-order valence-corrected chi connectivity index (χ1v) is 10.9. The van der Waals surface area contributed by atoms with Crippen LogP contribution in [0, 0.1) is 20.8 Å². The van der Waals surface area contributed by atoms with Crippen LogP contribution < -0.4 is 10.1 Å². The van der Waals surface area contributed by atoms with Gasteiger partial charge in [-0.3, -0.25) is 9.48 Å². The number of benzene rings is 2. The number of aromatic nitrogens is 3. The summed E-state index contributed by atoms with van der Waals surface area (Å²) in [6, 6.07) is 13.6. The number of carbonyl (C=O) groups is 1. The highest BCUT2D eigenvalue weighted by atomic mass is 79.9. The molecule has 4 rings (SSSR count). The van der Waals surface area contributed by atoms with Crippen LogP contribution in [0.25, 0.3) is 0 Å². The second kappa shape index (κ2) is 9.40. The minimum Gasteiger partial charge on any atom is -0.488 e. The van der Waals surface area contributed by atoms with E-state index in [4.69, 9.17) is 9.26 Å². The smallest absolute Gasteiger partial charge is 0.278 e. The lowest BCUT2D eigenvalue weighted by Crippen LogP contribution is -2.15. The summed E-state index contributed by atoms with van der Waals surface area (Å²) in [5.41, 5.74) is 4.79. The highest BCUT2D eigenvalue weighted by molar-refractivity contribution is 9.10. The summed E-state index contributed by atoms with van der Waals surface area (Å²) in [5, 5.41) is 11.1. The molecule has 0 bridgehead atoms. The van der Waals surface area contributed by atoms with E-state index < -0.39 is 0 Å². The maximum Gasteiger partial charge on any atom is 0.278 e. The number of nitrogens with one attached hydrogen (secondary N) is 1. The standard InChI is InChI=1S/C24H23BrN4O3/c1-15-4-9-22(16(2)10-15)31-14-21-17(3)32-28-23(21)24(30)27-20-7-5-18(6-8-20)12-29-13-19(25)11-26-29/h4-11,13H,12,14H2,1-3H3,(H,27,30). The van der Waals surface area contributed by atoms with Crippen molar-refractivity contribution in [3.05, 3.63) is 93.0 Å². The zero-order valence-corrected chi connectivity index (χ0v) is 19.6. The second-order valence-corrected chi connectivity index (χ2v) is 8.55. The molecular formula is C24H23BrN4O3. The Bertz CT molecular complexity index is 1240. The molecule has 0 spiro atoms. The van der Waals surface area contributed by atoms with E-state index in [-0.39, 0.29) is 18.2 Å². The van der Waals surface area contributed by atoms with Crippen LogP contribution in [0.3, 0.4) is 0 Å². The van der Waals surface area contributed by atoms with Gasteiger partial charge in [0.15, 0.2) is 5.69 Å². The third-order valence-electron chi connectivity index (χ3n) is 5.06. The van der Waals surface area contributed by atoms with Crippen LogP contribution >= 0.6 is 15.9 Å². The summed E-state index contributed by atoms with van der Waals surface area (Å²) < 4.78 is 14.0. The van der Waals surface area contributed by atoms with Gasteiger partial charge in [0, 0.05) is 11.9 Å². The van der Waals surface area contributed by atoms with E-state index in [1.807, 2.05) is 61.1 Å². The molecule has 0 saturated carbocycles. The van der Waals surface area contributed by atoms with Gasteiger partial charge in [0.2, 0.25) is 0 Å². The predicted molar refractivity (Wildman–Crippen MR) is 125 cm³/mol. The molecule has 164 valence electrons. The van der Waals surface area contributed by atoms with Gasteiger partial charge >= 0.3 is 0 Å². The van der Waals surface area contributed by atoms with Crippen molar-refractivity contribution in [2.45, 2.75) is 33.9 Å². The zero-order valence-electron chi connectivity index (χ0n) is 18.1. The van der Waals surface area contributed by atoms with Gasteiger partial charge in [-0.05, 0) is 66.0 Å². The highest BCUT2D eigenvalue weighted by Gasteiger charge is 2.21. The largest absolute Gasteiger partial charge is 0.488 e. The molecule has 2 heterocycles. The SMILES string of the molecule is Cc1ccc(OCc2c(C(=O)Nc3ccc(Cn4cc(Br)cn4)cc3)noc2C)c(C)c1. The van der Waals surface area contributed by atoms with Gasteiger partial charge < -0.3 is 14.6 Å². The summed E-state index contributed by atoms with van der Waals surface area (Å²) in [5.74, 6) is 0.979. The normalized spacial score (nSPS) is 10.9. The molecule has 0 fully saturated rings. The van der Waals surface area contributed by atoms with Crippen molar-refractivity contribution in [3.8, 4) is 5.75 Å². The van der Waals surface area contributed by atoms with Gasteiger partial charge in [-0.1, -0.05) is 35.0 Å². The molecule has 2 aromatic carbocycles. The number of aryl methyl sites for hydroxylation is 3. The Morgan fingerprint density at radius 2 is 1.94 bits per heavy atom. The maximum absolute atomic E-state index is 12.8. The van der Waals surface area contributed by atoms with Crippen molar-refractivity contribution in [3.63, 3.8) is 0 Å². The van der Waals surface area contributed by atoms with Crippen LogP contribution in [0.15, 0.2) is 63.9 Å². The zero-order chi connectivity index (χ0) is 22.7. The van der Waals surface area contributed by atoms with Gasteiger partial charge in [-0.25, -0.2) is 0 Å². The Hall–Kier alpha value is -3.39. The topological polar surface area (TPSA) is 82.2 Å². The fourth-order valence-electron chi connectivity index (χ4n) is 3.35. The number of rotatable bonds is 7. The quantitative estimate of drug-likeness (QED) is 0.369. The van der Waals surface area contributed by atoms with Crippen molar-refractivity contribution >= 4 is 27.5 Å². The van der Waals surface area contributed by atoms with Gasteiger partial charge in [0.05, 0.1) is 22.8 Å². The van der Waals surface area contributed by atoms with Crippen LogP contribution in [0.4, 0.5) is 5.69 Å². The van der Waals surface area contributed by atoms with E-state index in [2.05, 4.69) is 37.6 Å². The van der Waals surface area contributed by atoms with Crippen LogP contribution in [0.5, 0.6) is 5.75 Å². The lowest BCUT2D eigenvalue weighted by molar-refractivity contribution is 0.101. The minimum atomic E-state index is -0.343. The Morgan fingerprint density at radius 1 is 1.16 bits per heavy atom. The fourth-order valence-corrected chi connectivity index (χ4v) is 3.67. The van der Waals surface area contributed by atoms with Gasteiger partial charge in [-0.15, -0.1) is 0 Å². The van der Waals surface area contributed by atoms with Gasteiger partial charge in [0.1, 0.15) is 18.1 Å². The van der Waals surface area contributed by atoms with E-state index in [1.165, 1.54) is 5.56 Å². The predicted octanol–water partition coefficient (Wildman–Crippen LogP) is 5.44. The molecule has 1 amide bonds. The number of halogens is 1. The highest BCUT2D eigenvalue weighted by Crippen LogP contribution is 2.23. The molecule has 0 unspecified atom stereocenters. The maximum atomic E-state index is 12.8. The van der Waals surface area contributed by atoms with Gasteiger partial charge in [-0.2, -0.15) is 5.10 Å². The van der Waals surface area contributed by atoms with Crippen molar-refractivity contribution in [1.82, 2.24) is 14.9 Å². The molecule has 4 aromatic rings. The first kappa shape index (κ1) is 21.8. The number of ether oxygens (including phenoxy) is 1. The molecule has 0 atom stereocenters. The Labute approximate surface area is 194 Å².